The molecule has 148 valence electrons. The zero-order valence-electron chi connectivity index (χ0n) is 16.3. The highest BCUT2D eigenvalue weighted by Gasteiger charge is 2.31. The normalized spacial score (nSPS) is 21.9. The maximum Gasteiger partial charge on any atom is 0.251 e. The molecule has 1 N–H and O–H groups in total. The number of amides is 1. The Balaban J connectivity index is 1.70. The molecule has 1 fully saturated rings. The van der Waals surface area contributed by atoms with Crippen molar-refractivity contribution in [2.75, 3.05) is 14.1 Å². The number of carbonyl (C=O) groups excluding carboxylic acids is 1. The van der Waals surface area contributed by atoms with E-state index in [-0.39, 0.29) is 11.8 Å². The third kappa shape index (κ3) is 3.80. The van der Waals surface area contributed by atoms with E-state index in [1.54, 1.807) is 0 Å². The van der Waals surface area contributed by atoms with Crippen LogP contribution < -0.4 is 5.32 Å². The first kappa shape index (κ1) is 19.8. The summed E-state index contributed by atoms with van der Waals surface area (Å²) >= 11 is 12.4. The molecular formula is C23H26Cl2N2O. The Labute approximate surface area is 177 Å². The van der Waals surface area contributed by atoms with Gasteiger partial charge in [0, 0.05) is 23.6 Å². The Kier molecular flexibility index (Phi) is 5.69. The summed E-state index contributed by atoms with van der Waals surface area (Å²) in [4.78, 5) is 14.9. The number of nitrogens with one attached hydrogen (secondary N) is 1. The minimum atomic E-state index is 0.0432. The molecule has 2 aromatic carbocycles. The van der Waals surface area contributed by atoms with Crippen molar-refractivity contribution in [3.05, 3.63) is 68.7 Å². The first-order valence-corrected chi connectivity index (χ1v) is 10.8. The fourth-order valence-electron chi connectivity index (χ4n) is 4.39. The smallest absolute Gasteiger partial charge is 0.251 e. The monoisotopic (exact) mass is 416 g/mol. The summed E-state index contributed by atoms with van der Waals surface area (Å²) in [6, 6.07) is 12.8. The van der Waals surface area contributed by atoms with Crippen LogP contribution in [0.15, 0.2) is 36.4 Å². The SMILES string of the molecule is CN(C)C1CCC(c2ccc(Cl)c(Cl)c2)c2ccc(C(=O)NC3CCC3)cc21. The van der Waals surface area contributed by atoms with Crippen molar-refractivity contribution < 1.29 is 4.79 Å². The van der Waals surface area contributed by atoms with Crippen LogP contribution >= 0.6 is 23.2 Å². The van der Waals surface area contributed by atoms with Gasteiger partial charge in [-0.15, -0.1) is 0 Å². The second kappa shape index (κ2) is 8.06. The van der Waals surface area contributed by atoms with E-state index in [0.717, 1.165) is 31.2 Å². The molecule has 1 amide bonds. The van der Waals surface area contributed by atoms with Crippen molar-refractivity contribution in [2.24, 2.45) is 0 Å². The lowest BCUT2D eigenvalue weighted by molar-refractivity contribution is 0.0916. The van der Waals surface area contributed by atoms with Crippen molar-refractivity contribution >= 4 is 29.1 Å². The largest absolute Gasteiger partial charge is 0.349 e. The molecule has 2 aliphatic carbocycles. The minimum absolute atomic E-state index is 0.0432. The number of benzene rings is 2. The first-order chi connectivity index (χ1) is 13.4. The number of hydrogen-bond acceptors (Lipinski definition) is 2. The number of carbonyl (C=O) groups is 1. The van der Waals surface area contributed by atoms with Gasteiger partial charge in [-0.1, -0.05) is 35.3 Å². The van der Waals surface area contributed by atoms with E-state index in [1.807, 2.05) is 18.2 Å². The van der Waals surface area contributed by atoms with E-state index < -0.39 is 0 Å². The summed E-state index contributed by atoms with van der Waals surface area (Å²) in [6.45, 7) is 0. The van der Waals surface area contributed by atoms with Crippen LogP contribution in [0.2, 0.25) is 10.0 Å². The lowest BCUT2D eigenvalue weighted by Crippen LogP contribution is -2.39. The van der Waals surface area contributed by atoms with Crippen LogP contribution in [0.25, 0.3) is 0 Å². The molecule has 0 radical (unpaired) electrons. The minimum Gasteiger partial charge on any atom is -0.349 e. The Hall–Kier alpha value is -1.55. The lowest BCUT2D eigenvalue weighted by atomic mass is 9.76. The zero-order chi connectivity index (χ0) is 19.8. The van der Waals surface area contributed by atoms with Gasteiger partial charge in [-0.05, 0) is 87.2 Å². The van der Waals surface area contributed by atoms with Crippen LogP contribution in [0, 0.1) is 0 Å². The van der Waals surface area contributed by atoms with E-state index >= 15 is 0 Å². The Morgan fingerprint density at radius 1 is 0.964 bits per heavy atom. The molecule has 0 aliphatic heterocycles. The number of hydrogen-bond donors (Lipinski definition) is 1. The van der Waals surface area contributed by atoms with E-state index in [4.69, 9.17) is 23.2 Å². The van der Waals surface area contributed by atoms with Gasteiger partial charge in [0.2, 0.25) is 0 Å². The molecule has 0 aromatic heterocycles. The zero-order valence-corrected chi connectivity index (χ0v) is 17.9. The maximum atomic E-state index is 12.7. The molecule has 3 nitrogen and oxygen atoms in total. The van der Waals surface area contributed by atoms with Crippen molar-refractivity contribution in [3.8, 4) is 0 Å². The van der Waals surface area contributed by atoms with Gasteiger partial charge in [-0.3, -0.25) is 4.79 Å². The predicted molar refractivity (Wildman–Crippen MR) is 116 cm³/mol. The second-order valence-corrected chi connectivity index (χ2v) is 9.04. The average molecular weight is 417 g/mol. The van der Waals surface area contributed by atoms with Crippen LogP contribution in [0.1, 0.15) is 71.1 Å². The van der Waals surface area contributed by atoms with Crippen LogP contribution in [-0.2, 0) is 0 Å². The topological polar surface area (TPSA) is 32.3 Å². The van der Waals surface area contributed by atoms with Gasteiger partial charge in [-0.2, -0.15) is 0 Å². The van der Waals surface area contributed by atoms with Crippen molar-refractivity contribution in [3.63, 3.8) is 0 Å². The summed E-state index contributed by atoms with van der Waals surface area (Å²) in [5, 5.41) is 4.32. The van der Waals surface area contributed by atoms with E-state index in [9.17, 15) is 4.79 Å². The van der Waals surface area contributed by atoms with Crippen LogP contribution in [-0.4, -0.2) is 30.9 Å². The van der Waals surface area contributed by atoms with Gasteiger partial charge >= 0.3 is 0 Å². The third-order valence-corrected chi connectivity index (χ3v) is 6.96. The fraction of sp³-hybridized carbons (Fsp3) is 0.435. The molecule has 2 unspecified atom stereocenters. The highest BCUT2D eigenvalue weighted by molar-refractivity contribution is 6.42. The molecule has 2 aromatic rings. The number of halogens is 2. The van der Waals surface area contributed by atoms with Crippen molar-refractivity contribution in [1.82, 2.24) is 10.2 Å². The van der Waals surface area contributed by atoms with E-state index in [2.05, 4.69) is 42.5 Å². The maximum absolute atomic E-state index is 12.7. The third-order valence-electron chi connectivity index (χ3n) is 6.22. The molecule has 1 saturated carbocycles. The van der Waals surface area contributed by atoms with Crippen molar-refractivity contribution in [2.45, 2.75) is 50.1 Å². The van der Waals surface area contributed by atoms with Crippen LogP contribution in [0.5, 0.6) is 0 Å². The molecule has 0 spiro atoms. The van der Waals surface area contributed by atoms with E-state index in [1.165, 1.54) is 23.1 Å². The molecule has 2 aliphatic rings. The molecular weight excluding hydrogens is 391 g/mol. The standard InChI is InChI=1S/C23H26Cl2N2O/c1-27(2)22-11-9-17(14-7-10-20(24)21(25)13-14)18-8-6-15(12-19(18)22)23(28)26-16-4-3-5-16/h6-8,10,12-13,16-17,22H,3-5,9,11H2,1-2H3,(H,26,28). The van der Waals surface area contributed by atoms with Gasteiger partial charge in [-0.25, -0.2) is 0 Å². The highest BCUT2D eigenvalue weighted by atomic mass is 35.5. The van der Waals surface area contributed by atoms with Gasteiger partial charge in [0.25, 0.3) is 5.91 Å². The molecule has 5 heteroatoms. The molecule has 0 bridgehead atoms. The molecule has 2 atom stereocenters. The predicted octanol–water partition coefficient (Wildman–Crippen LogP) is 5.80. The summed E-state index contributed by atoms with van der Waals surface area (Å²) in [5.74, 6) is 0.311. The summed E-state index contributed by atoms with van der Waals surface area (Å²) in [7, 11) is 4.21. The average Bonchev–Trinajstić information content (AvgIpc) is 2.65. The first-order valence-electron chi connectivity index (χ1n) is 10.00. The van der Waals surface area contributed by atoms with Crippen molar-refractivity contribution in [1.29, 1.82) is 0 Å². The van der Waals surface area contributed by atoms with E-state index in [0.29, 0.717) is 22.1 Å². The molecule has 0 saturated heterocycles. The Morgan fingerprint density at radius 2 is 1.75 bits per heavy atom. The number of nitrogens with zero attached hydrogens (tertiary/aromatic N) is 1. The highest BCUT2D eigenvalue weighted by Crippen LogP contribution is 2.44. The quantitative estimate of drug-likeness (QED) is 0.682. The molecule has 4 rings (SSSR count). The summed E-state index contributed by atoms with van der Waals surface area (Å²) < 4.78 is 0. The number of rotatable bonds is 4. The van der Waals surface area contributed by atoms with Gasteiger partial charge in [0.05, 0.1) is 10.0 Å². The summed E-state index contributed by atoms with van der Waals surface area (Å²) in [5.41, 5.74) is 4.46. The van der Waals surface area contributed by atoms with Crippen LogP contribution in [0.3, 0.4) is 0 Å². The molecule has 28 heavy (non-hydrogen) atoms. The van der Waals surface area contributed by atoms with Gasteiger partial charge in [0.1, 0.15) is 0 Å². The van der Waals surface area contributed by atoms with Gasteiger partial charge in [0.15, 0.2) is 0 Å². The summed E-state index contributed by atoms with van der Waals surface area (Å²) in [6.07, 6.45) is 5.48. The Bertz CT molecular complexity index is 892. The van der Waals surface area contributed by atoms with Gasteiger partial charge < -0.3 is 10.2 Å². The number of fused-ring (bicyclic) bond motifs is 1. The lowest BCUT2D eigenvalue weighted by Gasteiger charge is -2.36. The second-order valence-electron chi connectivity index (χ2n) is 8.23. The molecule has 0 heterocycles. The fourth-order valence-corrected chi connectivity index (χ4v) is 4.70. The Morgan fingerprint density at radius 3 is 2.39 bits per heavy atom. The van der Waals surface area contributed by atoms with Crippen LogP contribution in [0.4, 0.5) is 0 Å².